The van der Waals surface area contributed by atoms with Crippen LogP contribution in [0.4, 0.5) is 0 Å². The Morgan fingerprint density at radius 1 is 0.769 bits per heavy atom. The second-order valence-corrected chi connectivity index (χ2v) is 11.8. The van der Waals surface area contributed by atoms with Crippen molar-refractivity contribution in [2.24, 2.45) is 0 Å². The molecule has 0 N–H and O–H groups in total. The summed E-state index contributed by atoms with van der Waals surface area (Å²) < 4.78 is 2.41. The molecule has 2 nitrogen and oxygen atoms in total. The Balaban J connectivity index is 0.00000308. The van der Waals surface area contributed by atoms with E-state index in [0.29, 0.717) is 17.8 Å². The monoisotopic (exact) mass is 694 g/mol. The summed E-state index contributed by atoms with van der Waals surface area (Å²) in [5, 5.41) is 0. The maximum Gasteiger partial charge on any atom is 0.0602 e. The second kappa shape index (κ2) is 12.8. The summed E-state index contributed by atoms with van der Waals surface area (Å²) in [7, 11) is 0. The van der Waals surface area contributed by atoms with E-state index in [1.807, 2.05) is 18.3 Å². The van der Waals surface area contributed by atoms with Crippen molar-refractivity contribution < 1.29 is 20.1 Å². The van der Waals surface area contributed by atoms with Crippen molar-refractivity contribution in [1.29, 1.82) is 0 Å². The van der Waals surface area contributed by atoms with Gasteiger partial charge in [0.1, 0.15) is 0 Å². The van der Waals surface area contributed by atoms with Gasteiger partial charge in [0.15, 0.2) is 0 Å². The van der Waals surface area contributed by atoms with Crippen LogP contribution in [0.15, 0.2) is 73.1 Å². The summed E-state index contributed by atoms with van der Waals surface area (Å²) in [4.78, 5) is 4.87. The van der Waals surface area contributed by atoms with E-state index in [4.69, 9.17) is 4.98 Å². The molecule has 0 amide bonds. The minimum absolute atomic E-state index is 0. The Kier molecular flexibility index (Phi) is 9.21. The van der Waals surface area contributed by atoms with Gasteiger partial charge in [0.25, 0.3) is 0 Å². The number of imidazole rings is 1. The van der Waals surface area contributed by atoms with E-state index in [1.54, 1.807) is 0 Å². The molecule has 1 aromatic heterocycles. The second-order valence-electron chi connectivity index (χ2n) is 11.8. The van der Waals surface area contributed by atoms with Gasteiger partial charge in [-0.05, 0) is 83.4 Å². The number of nitrogens with zero attached hydrogens (tertiary/aromatic N) is 2. The van der Waals surface area contributed by atoms with Crippen LogP contribution in [0.2, 0.25) is 0 Å². The number of aromatic nitrogens is 2. The summed E-state index contributed by atoms with van der Waals surface area (Å²) in [6.07, 6.45) is 17.4. The normalized spacial score (nSPS) is 16.8. The molecule has 0 atom stereocenters. The molecule has 2 aliphatic carbocycles. The van der Waals surface area contributed by atoms with Crippen LogP contribution >= 0.6 is 0 Å². The minimum Gasteiger partial charge on any atom is -0.340 e. The van der Waals surface area contributed by atoms with Gasteiger partial charge >= 0.3 is 0 Å². The smallest absolute Gasteiger partial charge is 0.0602 e. The molecule has 205 valence electrons. The van der Waals surface area contributed by atoms with Crippen LogP contribution in [0.3, 0.4) is 0 Å². The van der Waals surface area contributed by atoms with Crippen molar-refractivity contribution in [3.63, 3.8) is 0 Å². The predicted molar refractivity (Wildman–Crippen MR) is 159 cm³/mol. The van der Waals surface area contributed by atoms with Crippen molar-refractivity contribution in [1.82, 2.24) is 9.55 Å². The van der Waals surface area contributed by atoms with E-state index in [2.05, 4.69) is 79.2 Å². The van der Waals surface area contributed by atoms with E-state index in [1.165, 1.54) is 97.7 Å². The molecule has 39 heavy (non-hydrogen) atoms. The maximum absolute atomic E-state index is 4.87. The first-order valence-electron chi connectivity index (χ1n) is 15.0. The third kappa shape index (κ3) is 6.01. The van der Waals surface area contributed by atoms with Gasteiger partial charge in [-0.15, -0.1) is 35.9 Å². The van der Waals surface area contributed by atoms with Crippen molar-refractivity contribution in [3.05, 3.63) is 95.8 Å². The van der Waals surface area contributed by atoms with Gasteiger partial charge in [-0.25, -0.2) is 0 Å². The minimum atomic E-state index is 0. The predicted octanol–water partition coefficient (Wildman–Crippen LogP) is 10.2. The van der Waals surface area contributed by atoms with Gasteiger partial charge < -0.3 is 4.57 Å². The van der Waals surface area contributed by atoms with Crippen molar-refractivity contribution in [3.8, 4) is 28.2 Å². The summed E-state index contributed by atoms with van der Waals surface area (Å²) in [6, 6.07) is 26.2. The molecule has 0 unspecified atom stereocenters. The molecule has 0 bridgehead atoms. The Labute approximate surface area is 248 Å². The quantitative estimate of drug-likeness (QED) is 0.184. The molecule has 0 spiro atoms. The molecular weight excluding hydrogens is 653 g/mol. The van der Waals surface area contributed by atoms with Crippen LogP contribution in [0.1, 0.15) is 112 Å². The standard InChI is InChI=1S/C36H41N2.Ir/c1-26(2)27-18-20-28(21-19-27)32-24-33(29-12-6-3-7-13-29)35(34(25-32)30-14-8-4-9-15-30)38-23-22-37-36(38)31-16-10-5-11-17-31;/h5,10-11,16,18-26,29-30H,3-4,6-9,12-15H2,1-2H3;/q-1;. The Morgan fingerprint density at radius 2 is 1.38 bits per heavy atom. The molecule has 1 heterocycles. The summed E-state index contributed by atoms with van der Waals surface area (Å²) >= 11 is 0. The van der Waals surface area contributed by atoms with Crippen LogP contribution in [0.5, 0.6) is 0 Å². The van der Waals surface area contributed by atoms with Crippen LogP contribution < -0.4 is 0 Å². The number of hydrogen-bond donors (Lipinski definition) is 0. The summed E-state index contributed by atoms with van der Waals surface area (Å²) in [5.41, 5.74) is 9.69. The fourth-order valence-corrected chi connectivity index (χ4v) is 6.85. The van der Waals surface area contributed by atoms with Crippen molar-refractivity contribution >= 4 is 0 Å². The van der Waals surface area contributed by atoms with E-state index in [9.17, 15) is 0 Å². The molecule has 2 saturated carbocycles. The summed E-state index contributed by atoms with van der Waals surface area (Å²) in [5.74, 6) is 2.77. The van der Waals surface area contributed by atoms with Gasteiger partial charge in [0.2, 0.25) is 0 Å². The van der Waals surface area contributed by atoms with Crippen LogP contribution in [0, 0.1) is 6.07 Å². The van der Waals surface area contributed by atoms with Crippen LogP contribution in [0.25, 0.3) is 28.2 Å². The maximum atomic E-state index is 4.87. The van der Waals surface area contributed by atoms with E-state index in [0.717, 1.165) is 11.4 Å². The third-order valence-corrected chi connectivity index (χ3v) is 9.00. The topological polar surface area (TPSA) is 17.8 Å². The molecule has 2 fully saturated rings. The van der Waals surface area contributed by atoms with Crippen LogP contribution in [-0.2, 0) is 20.1 Å². The SMILES string of the molecule is CC(C)c1ccc(-c2cc(C3CCCCC3)c(-n3ccnc3-c3[c-]cccc3)c(C3CCCCC3)c2)cc1.[Ir]. The first-order chi connectivity index (χ1) is 18.7. The Morgan fingerprint density at radius 3 is 1.92 bits per heavy atom. The molecule has 0 aliphatic heterocycles. The molecule has 4 aromatic rings. The average molecular weight is 694 g/mol. The molecule has 1 radical (unpaired) electrons. The fraction of sp³-hybridized carbons (Fsp3) is 0.417. The largest absolute Gasteiger partial charge is 0.340 e. The zero-order valence-electron chi connectivity index (χ0n) is 23.5. The zero-order valence-corrected chi connectivity index (χ0v) is 25.9. The summed E-state index contributed by atoms with van der Waals surface area (Å²) in [6.45, 7) is 4.55. The van der Waals surface area contributed by atoms with Crippen LogP contribution in [-0.4, -0.2) is 9.55 Å². The van der Waals surface area contributed by atoms with E-state index in [-0.39, 0.29) is 20.1 Å². The van der Waals surface area contributed by atoms with E-state index >= 15 is 0 Å². The Bertz CT molecular complexity index is 1300. The fourth-order valence-electron chi connectivity index (χ4n) is 6.85. The van der Waals surface area contributed by atoms with Gasteiger partial charge in [0, 0.05) is 38.2 Å². The van der Waals surface area contributed by atoms with Crippen molar-refractivity contribution in [2.75, 3.05) is 0 Å². The number of benzene rings is 3. The van der Waals surface area contributed by atoms with E-state index < -0.39 is 0 Å². The first kappa shape index (κ1) is 28.1. The molecule has 3 heteroatoms. The Hall–Kier alpha value is -2.48. The molecule has 6 rings (SSSR count). The zero-order chi connectivity index (χ0) is 25.9. The average Bonchev–Trinajstić information content (AvgIpc) is 3.47. The molecular formula is C36H41IrN2-. The molecule has 3 aromatic carbocycles. The van der Waals surface area contributed by atoms with Gasteiger partial charge in [-0.1, -0.05) is 76.6 Å². The van der Waals surface area contributed by atoms with Gasteiger partial charge in [-0.2, -0.15) is 0 Å². The molecule has 2 aliphatic rings. The molecule has 0 saturated heterocycles. The number of rotatable bonds is 6. The van der Waals surface area contributed by atoms with Crippen molar-refractivity contribution in [2.45, 2.75) is 95.8 Å². The number of hydrogen-bond acceptors (Lipinski definition) is 1. The first-order valence-corrected chi connectivity index (χ1v) is 15.0. The van der Waals surface area contributed by atoms with Gasteiger partial charge in [0.05, 0.1) is 5.82 Å². The third-order valence-electron chi connectivity index (χ3n) is 9.00. The van der Waals surface area contributed by atoms with Gasteiger partial charge in [-0.3, -0.25) is 4.98 Å².